The number of anilines is 1. The minimum Gasteiger partial charge on any atom is -0.469 e. The summed E-state index contributed by atoms with van der Waals surface area (Å²) in [5.41, 5.74) is 3.29. The number of esters is 1. The smallest absolute Gasteiger partial charge is 0.309 e. The van der Waals surface area contributed by atoms with Gasteiger partial charge in [0.25, 0.3) is 0 Å². The Morgan fingerprint density at radius 3 is 2.79 bits per heavy atom. The Morgan fingerprint density at radius 2 is 2.10 bits per heavy atom. The van der Waals surface area contributed by atoms with Gasteiger partial charge in [-0.25, -0.2) is 9.67 Å². The maximum Gasteiger partial charge on any atom is 0.309 e. The molecule has 1 aromatic carbocycles. The van der Waals surface area contributed by atoms with Crippen molar-refractivity contribution in [3.8, 4) is 5.69 Å². The zero-order valence-corrected chi connectivity index (χ0v) is 18.7. The minimum absolute atomic E-state index is 0.0368. The average Bonchev–Trinajstić information content (AvgIpc) is 3.11. The third-order valence-corrected chi connectivity index (χ3v) is 7.27. The number of hydrogen-bond acceptors (Lipinski definition) is 5. The Morgan fingerprint density at radius 1 is 1.24 bits per heavy atom. The molecule has 3 aromatic rings. The highest BCUT2D eigenvalue weighted by atomic mass is 127. The molecular formula is C22H23IN4O2. The van der Waals surface area contributed by atoms with E-state index in [4.69, 9.17) is 14.8 Å². The molecule has 7 heteroatoms. The van der Waals surface area contributed by atoms with Crippen molar-refractivity contribution in [2.45, 2.75) is 32.2 Å². The number of para-hydroxylation sites is 1. The van der Waals surface area contributed by atoms with Gasteiger partial charge in [0.15, 0.2) is 0 Å². The van der Waals surface area contributed by atoms with Crippen molar-refractivity contribution in [1.82, 2.24) is 14.8 Å². The fraction of sp³-hybridized carbons (Fsp3) is 0.409. The van der Waals surface area contributed by atoms with Gasteiger partial charge in [0.1, 0.15) is 9.52 Å². The van der Waals surface area contributed by atoms with E-state index in [1.54, 1.807) is 0 Å². The molecular weight excluding hydrogens is 479 g/mol. The Balaban J connectivity index is 1.43. The first-order chi connectivity index (χ1) is 14.1. The molecule has 29 heavy (non-hydrogen) atoms. The van der Waals surface area contributed by atoms with E-state index in [-0.39, 0.29) is 11.9 Å². The number of hydrogen-bond donors (Lipinski definition) is 0. The molecule has 0 amide bonds. The van der Waals surface area contributed by atoms with Gasteiger partial charge < -0.3 is 9.64 Å². The lowest BCUT2D eigenvalue weighted by atomic mass is 9.72. The summed E-state index contributed by atoms with van der Waals surface area (Å²) in [6, 6.07) is 10.8. The number of benzene rings is 1. The van der Waals surface area contributed by atoms with E-state index in [0.29, 0.717) is 12.0 Å². The first kappa shape index (κ1) is 18.8. The zero-order chi connectivity index (χ0) is 20.1. The van der Waals surface area contributed by atoms with Gasteiger partial charge in [-0.05, 0) is 72.4 Å². The van der Waals surface area contributed by atoms with Gasteiger partial charge in [0.05, 0.1) is 30.4 Å². The monoisotopic (exact) mass is 502 g/mol. The molecule has 150 valence electrons. The number of carbonyl (C=O) groups is 1. The van der Waals surface area contributed by atoms with E-state index < -0.39 is 0 Å². The molecule has 6 rings (SSSR count). The standard InChI is InChI=1S/C22H23IN4O2/c1-13-4-3-5-17-20(13)27(25-21(17)23)16-8-9-19(24-11-16)26-12-14-6-7-15(26)10-18(14)22(28)29-2/h3-5,8-9,11,14-15,18H,6-7,10,12H2,1-2H3/t14-,15+,18+/m1/s1. The number of methoxy groups -OCH3 is 1. The summed E-state index contributed by atoms with van der Waals surface area (Å²) in [6.45, 7) is 2.99. The lowest BCUT2D eigenvalue weighted by Gasteiger charge is -2.49. The minimum atomic E-state index is -0.0572. The van der Waals surface area contributed by atoms with Gasteiger partial charge in [0.2, 0.25) is 0 Å². The maximum absolute atomic E-state index is 12.1. The van der Waals surface area contributed by atoms with Crippen molar-refractivity contribution in [3.63, 3.8) is 0 Å². The molecule has 0 spiro atoms. The predicted molar refractivity (Wildman–Crippen MR) is 120 cm³/mol. The molecule has 3 atom stereocenters. The van der Waals surface area contributed by atoms with Gasteiger partial charge in [-0.3, -0.25) is 4.79 Å². The summed E-state index contributed by atoms with van der Waals surface area (Å²) in [7, 11) is 1.49. The van der Waals surface area contributed by atoms with Crippen LogP contribution >= 0.6 is 22.6 Å². The summed E-state index contributed by atoms with van der Waals surface area (Å²) in [6.07, 6.45) is 4.98. The average molecular weight is 502 g/mol. The van der Waals surface area contributed by atoms with Crippen LogP contribution in [0.5, 0.6) is 0 Å². The van der Waals surface area contributed by atoms with E-state index in [1.807, 2.05) is 10.9 Å². The number of nitrogens with zero attached hydrogens (tertiary/aromatic N) is 4. The zero-order valence-electron chi connectivity index (χ0n) is 16.5. The van der Waals surface area contributed by atoms with Crippen LogP contribution in [0.15, 0.2) is 36.5 Å². The van der Waals surface area contributed by atoms with Gasteiger partial charge in [0, 0.05) is 18.0 Å². The third-order valence-electron chi connectivity index (χ3n) is 6.47. The van der Waals surface area contributed by atoms with Crippen molar-refractivity contribution in [2.75, 3.05) is 18.6 Å². The second kappa shape index (κ2) is 7.27. The van der Waals surface area contributed by atoms with Crippen LogP contribution < -0.4 is 4.90 Å². The van der Waals surface area contributed by atoms with Crippen LogP contribution in [0.3, 0.4) is 0 Å². The lowest BCUT2D eigenvalue weighted by molar-refractivity contribution is -0.149. The van der Waals surface area contributed by atoms with E-state index in [9.17, 15) is 4.79 Å². The third kappa shape index (κ3) is 3.10. The van der Waals surface area contributed by atoms with Crippen LogP contribution in [-0.4, -0.2) is 40.4 Å². The molecule has 0 N–H and O–H groups in total. The van der Waals surface area contributed by atoms with E-state index in [2.05, 4.69) is 64.7 Å². The van der Waals surface area contributed by atoms with Crippen molar-refractivity contribution < 1.29 is 9.53 Å². The van der Waals surface area contributed by atoms with Gasteiger partial charge in [-0.2, -0.15) is 5.10 Å². The highest BCUT2D eigenvalue weighted by molar-refractivity contribution is 14.1. The number of piperidine rings is 2. The number of rotatable bonds is 3. The molecule has 6 nitrogen and oxygen atoms in total. The van der Waals surface area contributed by atoms with Crippen molar-refractivity contribution in [1.29, 1.82) is 0 Å². The summed E-state index contributed by atoms with van der Waals surface area (Å²) >= 11 is 2.29. The number of aromatic nitrogens is 3. The fourth-order valence-electron chi connectivity index (χ4n) is 4.99. The highest BCUT2D eigenvalue weighted by Crippen LogP contribution is 2.41. The first-order valence-corrected chi connectivity index (χ1v) is 11.1. The van der Waals surface area contributed by atoms with E-state index in [1.165, 1.54) is 12.7 Å². The second-order valence-electron chi connectivity index (χ2n) is 8.06. The van der Waals surface area contributed by atoms with Crippen LogP contribution in [0.2, 0.25) is 0 Å². The molecule has 2 aliphatic heterocycles. The number of halogens is 1. The predicted octanol–water partition coefficient (Wildman–Crippen LogP) is 4.11. The molecule has 0 radical (unpaired) electrons. The van der Waals surface area contributed by atoms with Crippen LogP contribution in [0.4, 0.5) is 5.82 Å². The summed E-state index contributed by atoms with van der Waals surface area (Å²) in [5.74, 6) is 1.32. The molecule has 2 bridgehead atoms. The molecule has 2 aromatic heterocycles. The molecule has 4 heterocycles. The topological polar surface area (TPSA) is 60.2 Å². The molecule has 1 aliphatic carbocycles. The SMILES string of the molecule is COC(=O)[C@H]1C[C@@H]2CC[C@@H]1CN2c1ccc(-n2nc(I)c3cccc(C)c32)cn1. The van der Waals surface area contributed by atoms with Gasteiger partial charge in [-0.15, -0.1) is 0 Å². The number of pyridine rings is 1. The first-order valence-electron chi connectivity index (χ1n) is 10.0. The van der Waals surface area contributed by atoms with Crippen molar-refractivity contribution >= 4 is 45.3 Å². The maximum atomic E-state index is 12.1. The molecule has 1 saturated carbocycles. The van der Waals surface area contributed by atoms with Crippen LogP contribution in [0.25, 0.3) is 16.6 Å². The molecule has 3 fully saturated rings. The highest BCUT2D eigenvalue weighted by Gasteiger charge is 2.44. The van der Waals surface area contributed by atoms with E-state index >= 15 is 0 Å². The number of fused-ring (bicyclic) bond motifs is 4. The number of ether oxygens (including phenoxy) is 1. The summed E-state index contributed by atoms with van der Waals surface area (Å²) in [4.78, 5) is 19.2. The largest absolute Gasteiger partial charge is 0.469 e. The molecule has 0 unspecified atom stereocenters. The van der Waals surface area contributed by atoms with Gasteiger partial charge >= 0.3 is 5.97 Å². The number of aryl methyl sites for hydroxylation is 1. The Hall–Kier alpha value is -2.16. The lowest BCUT2D eigenvalue weighted by Crippen LogP contribution is -2.54. The normalized spacial score (nSPS) is 23.6. The van der Waals surface area contributed by atoms with Crippen LogP contribution in [-0.2, 0) is 9.53 Å². The van der Waals surface area contributed by atoms with Crippen molar-refractivity contribution in [2.24, 2.45) is 11.8 Å². The second-order valence-corrected chi connectivity index (χ2v) is 9.08. The van der Waals surface area contributed by atoms with Crippen LogP contribution in [0.1, 0.15) is 24.8 Å². The molecule has 2 saturated heterocycles. The quantitative estimate of drug-likeness (QED) is 0.399. The Labute approximate surface area is 183 Å². The number of carbonyl (C=O) groups excluding carboxylic acids is 1. The molecule has 3 aliphatic rings. The summed E-state index contributed by atoms with van der Waals surface area (Å²) in [5, 5.41) is 5.90. The van der Waals surface area contributed by atoms with Crippen molar-refractivity contribution in [3.05, 3.63) is 45.8 Å². The van der Waals surface area contributed by atoms with Crippen LogP contribution in [0, 0.1) is 22.5 Å². The Kier molecular flexibility index (Phi) is 4.72. The summed E-state index contributed by atoms with van der Waals surface area (Å²) < 4.78 is 7.99. The van der Waals surface area contributed by atoms with Gasteiger partial charge in [-0.1, -0.05) is 18.2 Å². The fourth-order valence-corrected chi connectivity index (χ4v) is 5.64. The Bertz CT molecular complexity index is 1080. The van der Waals surface area contributed by atoms with E-state index in [0.717, 1.165) is 51.9 Å².